The van der Waals surface area contributed by atoms with E-state index in [-0.39, 0.29) is 0 Å². The molecule has 2 aromatic rings. The Morgan fingerprint density at radius 2 is 1.46 bits per heavy atom. The van der Waals surface area contributed by atoms with Gasteiger partial charge < -0.3 is 10.4 Å². The minimum absolute atomic E-state index is 0.502. The second-order valence-corrected chi connectivity index (χ2v) is 7.85. The first-order chi connectivity index (χ1) is 13.8. The summed E-state index contributed by atoms with van der Waals surface area (Å²) >= 11 is 0. The molecule has 28 heavy (non-hydrogen) atoms. The molecule has 150 valence electrons. The van der Waals surface area contributed by atoms with Crippen LogP contribution in [0.2, 0.25) is 0 Å². The predicted octanol–water partition coefficient (Wildman–Crippen LogP) is 5.43. The fourth-order valence-electron chi connectivity index (χ4n) is 4.40. The summed E-state index contributed by atoms with van der Waals surface area (Å²) < 4.78 is 0. The van der Waals surface area contributed by atoms with Crippen molar-refractivity contribution in [2.45, 2.75) is 69.9 Å². The van der Waals surface area contributed by atoms with E-state index in [1.807, 2.05) is 12.1 Å². The van der Waals surface area contributed by atoms with Crippen LogP contribution in [0.5, 0.6) is 0 Å². The van der Waals surface area contributed by atoms with Gasteiger partial charge in [-0.3, -0.25) is 4.99 Å². The number of hydrogen-bond donors (Lipinski definition) is 2. The molecule has 0 amide bonds. The van der Waals surface area contributed by atoms with Crippen molar-refractivity contribution in [3.63, 3.8) is 0 Å². The van der Waals surface area contributed by atoms with Gasteiger partial charge in [-0.1, -0.05) is 93.3 Å². The molecule has 2 N–H and O–H groups in total. The lowest BCUT2D eigenvalue weighted by Gasteiger charge is -2.40. The molecule has 1 aliphatic rings. The number of rotatable bonds is 6. The highest BCUT2D eigenvalue weighted by Gasteiger charge is 2.41. The molecular formula is C25H34N2O. The summed E-state index contributed by atoms with van der Waals surface area (Å²) in [6.07, 6.45) is 8.10. The van der Waals surface area contributed by atoms with E-state index in [1.54, 1.807) is 0 Å². The summed E-state index contributed by atoms with van der Waals surface area (Å²) in [7, 11) is 0. The zero-order valence-electron chi connectivity index (χ0n) is 17.1. The molecule has 1 aliphatic heterocycles. The van der Waals surface area contributed by atoms with Gasteiger partial charge in [-0.2, -0.15) is 0 Å². The minimum atomic E-state index is -0.725. The highest BCUT2D eigenvalue weighted by molar-refractivity contribution is 5.82. The lowest BCUT2D eigenvalue weighted by Crippen LogP contribution is -2.51. The molecule has 1 atom stereocenters. The first-order valence-electron chi connectivity index (χ1n) is 10.9. The minimum Gasteiger partial charge on any atom is -0.372 e. The highest BCUT2D eigenvalue weighted by Crippen LogP contribution is 2.39. The summed E-state index contributed by atoms with van der Waals surface area (Å²) in [5.41, 5.74) is 1.79. The Labute approximate surface area is 169 Å². The van der Waals surface area contributed by atoms with Crippen LogP contribution in [0.25, 0.3) is 0 Å². The molecule has 0 bridgehead atoms. The maximum Gasteiger partial charge on any atom is 0.139 e. The van der Waals surface area contributed by atoms with Gasteiger partial charge in [0.1, 0.15) is 6.23 Å². The lowest BCUT2D eigenvalue weighted by atomic mass is 9.70. The van der Waals surface area contributed by atoms with Crippen LogP contribution in [0.4, 0.5) is 0 Å². The van der Waals surface area contributed by atoms with E-state index in [0.29, 0.717) is 0 Å². The van der Waals surface area contributed by atoms with Crippen molar-refractivity contribution in [3.8, 4) is 0 Å². The molecule has 3 nitrogen and oxygen atoms in total. The molecule has 0 aromatic heterocycles. The fraction of sp³-hybridized carbons (Fsp3) is 0.480. The second kappa shape index (κ2) is 10.4. The van der Waals surface area contributed by atoms with Crippen LogP contribution in [0.3, 0.4) is 0 Å². The Kier molecular flexibility index (Phi) is 7.67. The Balaban J connectivity index is 1.97. The number of aliphatic hydroxyl groups excluding tert-OH is 1. The molecule has 0 saturated carbocycles. The molecule has 0 saturated heterocycles. The number of amidine groups is 1. The molecule has 1 heterocycles. The van der Waals surface area contributed by atoms with Crippen molar-refractivity contribution < 1.29 is 5.11 Å². The maximum absolute atomic E-state index is 11.6. The molecule has 0 aliphatic carbocycles. The zero-order valence-corrected chi connectivity index (χ0v) is 17.1. The normalized spacial score (nSPS) is 17.0. The first kappa shape index (κ1) is 20.6. The molecule has 0 radical (unpaired) electrons. The number of aliphatic hydroxyl groups is 1. The summed E-state index contributed by atoms with van der Waals surface area (Å²) in [5.74, 6) is 0.960. The van der Waals surface area contributed by atoms with Gasteiger partial charge in [0.2, 0.25) is 0 Å². The molecule has 0 fully saturated rings. The van der Waals surface area contributed by atoms with E-state index < -0.39 is 11.6 Å². The van der Waals surface area contributed by atoms with Crippen LogP contribution in [-0.2, 0) is 5.41 Å². The van der Waals surface area contributed by atoms with Gasteiger partial charge in [0.15, 0.2) is 0 Å². The van der Waals surface area contributed by atoms with E-state index in [1.165, 1.54) is 19.3 Å². The summed E-state index contributed by atoms with van der Waals surface area (Å²) in [6.45, 7) is 3.04. The lowest BCUT2D eigenvalue weighted by molar-refractivity contribution is 0.0815. The van der Waals surface area contributed by atoms with Crippen LogP contribution >= 0.6 is 0 Å². The Morgan fingerprint density at radius 3 is 2.07 bits per heavy atom. The van der Waals surface area contributed by atoms with E-state index in [4.69, 9.17) is 4.99 Å². The topological polar surface area (TPSA) is 44.6 Å². The van der Waals surface area contributed by atoms with Crippen molar-refractivity contribution in [1.29, 1.82) is 0 Å². The summed E-state index contributed by atoms with van der Waals surface area (Å²) in [4.78, 5) is 4.79. The number of hydrogen-bond acceptors (Lipinski definition) is 3. The third kappa shape index (κ3) is 4.82. The number of nitrogens with one attached hydrogen (secondary N) is 1. The zero-order chi connectivity index (χ0) is 19.7. The van der Waals surface area contributed by atoms with Crippen molar-refractivity contribution in [3.05, 3.63) is 71.8 Å². The van der Waals surface area contributed by atoms with Crippen molar-refractivity contribution >= 4 is 5.84 Å². The first-order valence-corrected chi connectivity index (χ1v) is 10.9. The number of benzene rings is 2. The summed E-state index contributed by atoms with van der Waals surface area (Å²) in [5, 5.41) is 15.0. The van der Waals surface area contributed by atoms with Crippen molar-refractivity contribution in [2.75, 3.05) is 6.54 Å². The van der Waals surface area contributed by atoms with E-state index in [0.717, 1.165) is 55.6 Å². The third-order valence-corrected chi connectivity index (χ3v) is 5.87. The average Bonchev–Trinajstić information content (AvgIpc) is 2.87. The van der Waals surface area contributed by atoms with Crippen LogP contribution in [0, 0.1) is 0 Å². The molecule has 3 rings (SSSR count). The SMILES string of the molecule is CCCC(c1ccccc1)(c1ccccc1)C(O)NC1=NCCCCCCC1. The summed E-state index contributed by atoms with van der Waals surface area (Å²) in [6, 6.07) is 20.9. The fourth-order valence-corrected chi connectivity index (χ4v) is 4.40. The highest BCUT2D eigenvalue weighted by atomic mass is 16.3. The maximum atomic E-state index is 11.6. The third-order valence-electron chi connectivity index (χ3n) is 5.87. The van der Waals surface area contributed by atoms with Gasteiger partial charge in [-0.05, 0) is 30.4 Å². The van der Waals surface area contributed by atoms with Crippen molar-refractivity contribution in [2.24, 2.45) is 4.99 Å². The molecular weight excluding hydrogens is 344 g/mol. The van der Waals surface area contributed by atoms with Gasteiger partial charge in [-0.15, -0.1) is 0 Å². The monoisotopic (exact) mass is 378 g/mol. The van der Waals surface area contributed by atoms with Gasteiger partial charge in [0, 0.05) is 13.0 Å². The molecule has 0 spiro atoms. The van der Waals surface area contributed by atoms with Gasteiger partial charge in [0.25, 0.3) is 0 Å². The quantitative estimate of drug-likeness (QED) is 0.658. The Hall–Kier alpha value is -2.13. The van der Waals surface area contributed by atoms with Gasteiger partial charge in [-0.25, -0.2) is 0 Å². The van der Waals surface area contributed by atoms with Crippen LogP contribution in [-0.4, -0.2) is 23.7 Å². The molecule has 2 aromatic carbocycles. The smallest absolute Gasteiger partial charge is 0.139 e. The molecule has 1 unspecified atom stereocenters. The van der Waals surface area contributed by atoms with E-state index in [9.17, 15) is 5.11 Å². The predicted molar refractivity (Wildman–Crippen MR) is 118 cm³/mol. The second-order valence-electron chi connectivity index (χ2n) is 7.85. The molecule has 3 heteroatoms. The standard InChI is InChI=1S/C25H34N2O/c1-2-19-25(21-14-8-6-9-15-21,22-16-10-7-11-17-22)24(28)27-23-18-12-4-3-5-13-20-26-23/h6-11,14-17,24,28H,2-5,12-13,18-20H2,1H3,(H,26,27). The van der Waals surface area contributed by atoms with Crippen LogP contribution < -0.4 is 5.32 Å². The van der Waals surface area contributed by atoms with Crippen LogP contribution in [0.15, 0.2) is 65.7 Å². The van der Waals surface area contributed by atoms with E-state index in [2.05, 4.69) is 60.8 Å². The Bertz CT molecular complexity index is 687. The average molecular weight is 379 g/mol. The van der Waals surface area contributed by atoms with Crippen molar-refractivity contribution in [1.82, 2.24) is 5.32 Å². The van der Waals surface area contributed by atoms with Gasteiger partial charge in [0.05, 0.1) is 11.3 Å². The van der Waals surface area contributed by atoms with Crippen LogP contribution in [0.1, 0.15) is 69.4 Å². The Morgan fingerprint density at radius 1 is 0.893 bits per heavy atom. The van der Waals surface area contributed by atoms with E-state index >= 15 is 0 Å². The largest absolute Gasteiger partial charge is 0.372 e. The van der Waals surface area contributed by atoms with Gasteiger partial charge >= 0.3 is 0 Å². The number of nitrogens with zero attached hydrogens (tertiary/aromatic N) is 1. The number of aliphatic imine (C=N–C) groups is 1.